The van der Waals surface area contributed by atoms with Gasteiger partial charge in [0.2, 0.25) is 5.91 Å². The lowest BCUT2D eigenvalue weighted by Gasteiger charge is -2.19. The average molecular weight is 358 g/mol. The number of carboxylic acid groups (broad SMARTS) is 1. The molecule has 0 bridgehead atoms. The minimum atomic E-state index is -4.60. The molecule has 1 saturated heterocycles. The normalized spacial score (nSPS) is 21.5. The van der Waals surface area contributed by atoms with E-state index in [0.29, 0.717) is 5.69 Å². The Labute approximate surface area is 143 Å². The van der Waals surface area contributed by atoms with Gasteiger partial charge in [-0.15, -0.1) is 0 Å². The van der Waals surface area contributed by atoms with E-state index in [4.69, 9.17) is 5.11 Å². The molecular weight excluding hydrogens is 337 g/mol. The van der Waals surface area contributed by atoms with E-state index in [1.165, 1.54) is 4.90 Å². The third-order valence-electron chi connectivity index (χ3n) is 4.36. The molecule has 2 rings (SSSR count). The van der Waals surface area contributed by atoms with Crippen LogP contribution in [0.15, 0.2) is 24.3 Å². The molecule has 1 aliphatic heterocycles. The fourth-order valence-electron chi connectivity index (χ4n) is 3.10. The van der Waals surface area contributed by atoms with Crippen LogP contribution in [0.4, 0.5) is 18.9 Å². The first-order valence-electron chi connectivity index (χ1n) is 8.00. The largest absolute Gasteiger partial charge is 0.481 e. The lowest BCUT2D eigenvalue weighted by Crippen LogP contribution is -2.34. The number of rotatable bonds is 5. The van der Waals surface area contributed by atoms with Gasteiger partial charge in [-0.2, -0.15) is 13.2 Å². The number of hydrogen-bond donors (Lipinski definition) is 2. The van der Waals surface area contributed by atoms with Crippen molar-refractivity contribution in [2.45, 2.75) is 25.9 Å². The molecule has 0 spiro atoms. The summed E-state index contributed by atoms with van der Waals surface area (Å²) in [6.45, 7) is 2.88. The topological polar surface area (TPSA) is 69.6 Å². The lowest BCUT2D eigenvalue weighted by atomic mass is 9.96. The standard InChI is InChI=1S/C17H21F3N2O3/c1-10(2)11-5-3-4-6-14(11)21-15(23)9-22-7-12(16(24)25)13(8-22)17(18,19)20/h3-6,10,12-13H,7-9H2,1-2H3,(H,21,23)(H,24,25)/t12-,13-/m1/s1. The molecular formula is C17H21F3N2O3. The van der Waals surface area contributed by atoms with Gasteiger partial charge in [0.15, 0.2) is 0 Å². The first kappa shape index (κ1) is 19.2. The number of carbonyl (C=O) groups excluding carboxylic acids is 1. The molecule has 1 aromatic carbocycles. The number of carbonyl (C=O) groups is 2. The van der Waals surface area contributed by atoms with Gasteiger partial charge in [0.05, 0.1) is 18.4 Å². The van der Waals surface area contributed by atoms with E-state index in [9.17, 15) is 22.8 Å². The highest BCUT2D eigenvalue weighted by molar-refractivity contribution is 5.93. The van der Waals surface area contributed by atoms with Gasteiger partial charge in [-0.1, -0.05) is 32.0 Å². The number of halogens is 3. The van der Waals surface area contributed by atoms with E-state index in [1.807, 2.05) is 26.0 Å². The molecule has 0 aromatic heterocycles. The first-order chi connectivity index (χ1) is 11.6. The molecule has 1 fully saturated rings. The van der Waals surface area contributed by atoms with Crippen molar-refractivity contribution in [2.24, 2.45) is 11.8 Å². The van der Waals surface area contributed by atoms with E-state index < -0.39 is 36.4 Å². The highest BCUT2D eigenvalue weighted by Crippen LogP contribution is 2.37. The molecule has 5 nitrogen and oxygen atoms in total. The smallest absolute Gasteiger partial charge is 0.393 e. The van der Waals surface area contributed by atoms with Gasteiger partial charge in [-0.05, 0) is 17.5 Å². The SMILES string of the molecule is CC(C)c1ccccc1NC(=O)CN1C[C@@H](C(F)(F)F)[C@H](C(=O)O)C1. The zero-order valence-electron chi connectivity index (χ0n) is 14.0. The summed E-state index contributed by atoms with van der Waals surface area (Å²) in [5, 5.41) is 11.7. The Hall–Kier alpha value is -2.09. The molecule has 1 aromatic rings. The number of amides is 1. The lowest BCUT2D eigenvalue weighted by molar-refractivity contribution is -0.188. The number of nitrogens with one attached hydrogen (secondary N) is 1. The zero-order chi connectivity index (χ0) is 18.8. The van der Waals surface area contributed by atoms with Crippen LogP contribution in [0.25, 0.3) is 0 Å². The number of hydrogen-bond acceptors (Lipinski definition) is 3. The van der Waals surface area contributed by atoms with Crippen molar-refractivity contribution in [3.63, 3.8) is 0 Å². The van der Waals surface area contributed by atoms with Crippen LogP contribution in [0.5, 0.6) is 0 Å². The van der Waals surface area contributed by atoms with Gasteiger partial charge < -0.3 is 10.4 Å². The van der Waals surface area contributed by atoms with Crippen molar-refractivity contribution in [3.05, 3.63) is 29.8 Å². The van der Waals surface area contributed by atoms with Crippen LogP contribution in [-0.2, 0) is 9.59 Å². The molecule has 138 valence electrons. The summed E-state index contributed by atoms with van der Waals surface area (Å²) in [6.07, 6.45) is -4.60. The molecule has 0 aliphatic carbocycles. The van der Waals surface area contributed by atoms with Gasteiger partial charge in [0.25, 0.3) is 0 Å². The summed E-state index contributed by atoms with van der Waals surface area (Å²) in [7, 11) is 0. The number of aliphatic carboxylic acids is 1. The third-order valence-corrected chi connectivity index (χ3v) is 4.36. The summed E-state index contributed by atoms with van der Waals surface area (Å²) in [6, 6.07) is 7.21. The molecule has 1 heterocycles. The second kappa shape index (κ2) is 7.43. The Morgan fingerprint density at radius 3 is 2.44 bits per heavy atom. The van der Waals surface area contributed by atoms with Crippen LogP contribution in [0, 0.1) is 11.8 Å². The van der Waals surface area contributed by atoms with Gasteiger partial charge in [0, 0.05) is 18.8 Å². The third kappa shape index (κ3) is 4.72. The summed E-state index contributed by atoms with van der Waals surface area (Å²) in [5.41, 5.74) is 1.54. The number of para-hydroxylation sites is 1. The predicted molar refractivity (Wildman–Crippen MR) is 86.3 cm³/mol. The second-order valence-corrected chi connectivity index (χ2v) is 6.58. The van der Waals surface area contributed by atoms with Crippen molar-refractivity contribution < 1.29 is 27.9 Å². The Kier molecular flexibility index (Phi) is 5.72. The number of benzene rings is 1. The van der Waals surface area contributed by atoms with Crippen molar-refractivity contribution in [3.8, 4) is 0 Å². The Bertz CT molecular complexity index is 646. The second-order valence-electron chi connectivity index (χ2n) is 6.58. The molecule has 0 unspecified atom stereocenters. The van der Waals surface area contributed by atoms with Gasteiger partial charge >= 0.3 is 12.1 Å². The number of anilines is 1. The number of alkyl halides is 3. The van der Waals surface area contributed by atoms with E-state index in [0.717, 1.165) is 5.56 Å². The number of carboxylic acids is 1. The van der Waals surface area contributed by atoms with Crippen LogP contribution < -0.4 is 5.32 Å². The fourth-order valence-corrected chi connectivity index (χ4v) is 3.10. The van der Waals surface area contributed by atoms with E-state index in [2.05, 4.69) is 5.32 Å². The number of nitrogens with zero attached hydrogens (tertiary/aromatic N) is 1. The van der Waals surface area contributed by atoms with Crippen LogP contribution in [0.3, 0.4) is 0 Å². The van der Waals surface area contributed by atoms with Crippen LogP contribution in [-0.4, -0.2) is 47.7 Å². The average Bonchev–Trinajstić information content (AvgIpc) is 2.91. The van der Waals surface area contributed by atoms with Crippen LogP contribution in [0.1, 0.15) is 25.3 Å². The van der Waals surface area contributed by atoms with Gasteiger partial charge in [-0.25, -0.2) is 0 Å². The Morgan fingerprint density at radius 2 is 1.92 bits per heavy atom. The summed E-state index contributed by atoms with van der Waals surface area (Å²) in [5.74, 6) is -5.28. The quantitative estimate of drug-likeness (QED) is 0.849. The molecule has 0 radical (unpaired) electrons. The van der Waals surface area contributed by atoms with Crippen LogP contribution >= 0.6 is 0 Å². The molecule has 1 amide bonds. The molecule has 1 aliphatic rings. The van der Waals surface area contributed by atoms with E-state index in [1.54, 1.807) is 12.1 Å². The van der Waals surface area contributed by atoms with Gasteiger partial charge in [0.1, 0.15) is 0 Å². The maximum absolute atomic E-state index is 13.0. The number of likely N-dealkylation sites (tertiary alicyclic amines) is 1. The minimum Gasteiger partial charge on any atom is -0.481 e. The molecule has 0 saturated carbocycles. The summed E-state index contributed by atoms with van der Waals surface area (Å²) in [4.78, 5) is 24.5. The van der Waals surface area contributed by atoms with Gasteiger partial charge in [-0.3, -0.25) is 14.5 Å². The fraction of sp³-hybridized carbons (Fsp3) is 0.529. The monoisotopic (exact) mass is 358 g/mol. The highest BCUT2D eigenvalue weighted by atomic mass is 19.4. The molecule has 2 N–H and O–H groups in total. The summed E-state index contributed by atoms with van der Waals surface area (Å²) < 4.78 is 38.9. The Morgan fingerprint density at radius 1 is 1.28 bits per heavy atom. The zero-order valence-corrected chi connectivity index (χ0v) is 14.0. The maximum atomic E-state index is 13.0. The highest BCUT2D eigenvalue weighted by Gasteiger charge is 2.52. The van der Waals surface area contributed by atoms with E-state index >= 15 is 0 Å². The van der Waals surface area contributed by atoms with Crippen molar-refractivity contribution in [1.29, 1.82) is 0 Å². The van der Waals surface area contributed by atoms with Crippen molar-refractivity contribution in [2.75, 3.05) is 25.0 Å². The van der Waals surface area contributed by atoms with Crippen LogP contribution in [0.2, 0.25) is 0 Å². The minimum absolute atomic E-state index is 0.175. The van der Waals surface area contributed by atoms with Crippen molar-refractivity contribution >= 4 is 17.6 Å². The Balaban J connectivity index is 2.03. The molecule has 25 heavy (non-hydrogen) atoms. The molecule has 2 atom stereocenters. The van der Waals surface area contributed by atoms with E-state index in [-0.39, 0.29) is 19.0 Å². The molecule has 8 heteroatoms. The maximum Gasteiger partial charge on any atom is 0.393 e. The predicted octanol–water partition coefficient (Wildman–Crippen LogP) is 2.94. The first-order valence-corrected chi connectivity index (χ1v) is 8.00. The van der Waals surface area contributed by atoms with Crippen molar-refractivity contribution in [1.82, 2.24) is 4.90 Å². The summed E-state index contributed by atoms with van der Waals surface area (Å²) >= 11 is 0.